The number of rotatable bonds is 6. The second-order valence-corrected chi connectivity index (χ2v) is 7.60. The molecule has 1 amide bonds. The molecule has 0 atom stereocenters. The van der Waals surface area contributed by atoms with E-state index in [4.69, 9.17) is 5.11 Å². The molecular formula is C22H17N3O3S. The van der Waals surface area contributed by atoms with Crippen LogP contribution >= 0.6 is 11.3 Å². The van der Waals surface area contributed by atoms with Gasteiger partial charge in [0.15, 0.2) is 0 Å². The molecule has 2 N–H and O–H groups in total. The first-order valence-corrected chi connectivity index (χ1v) is 9.78. The molecule has 0 spiro atoms. The minimum Gasteiger partial charge on any atom is -0.478 e. The zero-order valence-electron chi connectivity index (χ0n) is 15.3. The van der Waals surface area contributed by atoms with E-state index < -0.39 is 5.97 Å². The minimum atomic E-state index is -0.937. The highest BCUT2D eigenvalue weighted by molar-refractivity contribution is 7.20. The summed E-state index contributed by atoms with van der Waals surface area (Å²) < 4.78 is 0. The Hall–Kier alpha value is -3.58. The Bertz CT molecular complexity index is 1170. The Morgan fingerprint density at radius 3 is 2.45 bits per heavy atom. The molecule has 0 aliphatic carbocycles. The number of fused-ring (bicyclic) bond motifs is 1. The highest BCUT2D eigenvalue weighted by atomic mass is 32.1. The second-order valence-electron chi connectivity index (χ2n) is 6.57. The second kappa shape index (κ2) is 8.20. The van der Waals surface area contributed by atoms with Crippen molar-refractivity contribution in [2.45, 2.75) is 13.0 Å². The van der Waals surface area contributed by atoms with Crippen molar-refractivity contribution < 1.29 is 14.7 Å². The summed E-state index contributed by atoms with van der Waals surface area (Å²) >= 11 is 1.36. The fourth-order valence-electron chi connectivity index (χ4n) is 2.96. The first-order valence-electron chi connectivity index (χ1n) is 8.96. The van der Waals surface area contributed by atoms with Crippen LogP contribution in [0.15, 0.2) is 67.1 Å². The third-order valence-corrected chi connectivity index (χ3v) is 5.52. The van der Waals surface area contributed by atoms with Crippen LogP contribution in [-0.2, 0) is 13.0 Å². The van der Waals surface area contributed by atoms with Gasteiger partial charge in [0.2, 0.25) is 0 Å². The summed E-state index contributed by atoms with van der Waals surface area (Å²) in [5, 5.41) is 12.8. The van der Waals surface area contributed by atoms with Crippen LogP contribution in [0.1, 0.15) is 36.7 Å². The van der Waals surface area contributed by atoms with Crippen LogP contribution < -0.4 is 5.32 Å². The number of nitrogens with zero attached hydrogens (tertiary/aromatic N) is 2. The molecule has 0 aliphatic heterocycles. The lowest BCUT2D eigenvalue weighted by atomic mass is 10.0. The average Bonchev–Trinajstić information content (AvgIpc) is 3.17. The molecule has 0 radical (unpaired) electrons. The smallest absolute Gasteiger partial charge is 0.335 e. The molecule has 144 valence electrons. The Morgan fingerprint density at radius 2 is 1.72 bits per heavy atom. The number of aromatic carboxylic acids is 1. The van der Waals surface area contributed by atoms with Crippen molar-refractivity contribution in [2.24, 2.45) is 0 Å². The summed E-state index contributed by atoms with van der Waals surface area (Å²) in [6, 6.07) is 14.4. The summed E-state index contributed by atoms with van der Waals surface area (Å²) in [4.78, 5) is 33.3. The first-order chi connectivity index (χ1) is 14.1. The maximum atomic E-state index is 12.5. The highest BCUT2D eigenvalue weighted by Crippen LogP contribution is 2.25. The van der Waals surface area contributed by atoms with E-state index in [9.17, 15) is 9.59 Å². The first kappa shape index (κ1) is 18.8. The SMILES string of the molecule is O=C(O)c1ccc(Cc2cnc3sc(C(=O)NCc4ccncc4)cc3c2)cc1. The summed E-state index contributed by atoms with van der Waals surface area (Å²) in [5.74, 6) is -1.07. The summed E-state index contributed by atoms with van der Waals surface area (Å²) in [6.07, 6.45) is 5.83. The fourth-order valence-corrected chi connectivity index (χ4v) is 3.86. The molecule has 1 aromatic carbocycles. The van der Waals surface area contributed by atoms with Crippen LogP contribution in [-0.4, -0.2) is 27.0 Å². The molecule has 4 aromatic rings. The number of carboxylic acids is 1. The Balaban J connectivity index is 1.47. The molecular weight excluding hydrogens is 386 g/mol. The number of hydrogen-bond acceptors (Lipinski definition) is 5. The molecule has 3 heterocycles. The largest absolute Gasteiger partial charge is 0.478 e. The van der Waals surface area contributed by atoms with Gasteiger partial charge in [-0.3, -0.25) is 9.78 Å². The van der Waals surface area contributed by atoms with Gasteiger partial charge in [-0.2, -0.15) is 0 Å². The maximum Gasteiger partial charge on any atom is 0.335 e. The average molecular weight is 403 g/mol. The normalized spacial score (nSPS) is 10.8. The standard InChI is InChI=1S/C22H17N3O3S/c26-20(24-12-15-5-7-23-8-6-15)19-11-18-10-16(13-25-21(18)29-19)9-14-1-3-17(4-2-14)22(27)28/h1-8,10-11,13H,9,12H2,(H,24,26)(H,27,28). The zero-order chi connectivity index (χ0) is 20.2. The Labute approximate surface area is 170 Å². The van der Waals surface area contributed by atoms with Gasteiger partial charge >= 0.3 is 5.97 Å². The van der Waals surface area contributed by atoms with Crippen molar-refractivity contribution in [1.29, 1.82) is 0 Å². The lowest BCUT2D eigenvalue weighted by Crippen LogP contribution is -2.21. The van der Waals surface area contributed by atoms with E-state index in [0.29, 0.717) is 17.8 Å². The van der Waals surface area contributed by atoms with Crippen molar-refractivity contribution in [3.05, 3.63) is 94.3 Å². The summed E-state index contributed by atoms with van der Waals surface area (Å²) in [7, 11) is 0. The van der Waals surface area contributed by atoms with Gasteiger partial charge < -0.3 is 10.4 Å². The number of carboxylic acid groups (broad SMARTS) is 1. The van der Waals surface area contributed by atoms with Crippen LogP contribution in [0.2, 0.25) is 0 Å². The van der Waals surface area contributed by atoms with Crippen molar-refractivity contribution in [1.82, 2.24) is 15.3 Å². The van der Waals surface area contributed by atoms with E-state index >= 15 is 0 Å². The molecule has 0 aliphatic rings. The molecule has 0 bridgehead atoms. The number of thiophene rings is 1. The number of hydrogen-bond donors (Lipinski definition) is 2. The lowest BCUT2D eigenvalue weighted by Gasteiger charge is -2.02. The van der Waals surface area contributed by atoms with E-state index in [1.54, 1.807) is 42.9 Å². The van der Waals surface area contributed by atoms with Gasteiger partial charge in [-0.15, -0.1) is 11.3 Å². The fraction of sp³-hybridized carbons (Fsp3) is 0.0909. The molecule has 7 heteroatoms. The predicted molar refractivity (Wildman–Crippen MR) is 111 cm³/mol. The minimum absolute atomic E-state index is 0.129. The number of amides is 1. The van der Waals surface area contributed by atoms with E-state index in [-0.39, 0.29) is 11.5 Å². The number of carbonyl (C=O) groups excluding carboxylic acids is 1. The Kier molecular flexibility index (Phi) is 5.31. The molecule has 0 fully saturated rings. The van der Waals surface area contributed by atoms with E-state index in [2.05, 4.69) is 15.3 Å². The Morgan fingerprint density at radius 1 is 0.966 bits per heavy atom. The molecule has 29 heavy (non-hydrogen) atoms. The zero-order valence-corrected chi connectivity index (χ0v) is 16.1. The number of pyridine rings is 2. The van der Waals surface area contributed by atoms with Crippen LogP contribution in [0, 0.1) is 0 Å². The summed E-state index contributed by atoms with van der Waals surface area (Å²) in [6.45, 7) is 0.445. The molecule has 0 saturated heterocycles. The third-order valence-electron chi connectivity index (χ3n) is 4.46. The third kappa shape index (κ3) is 4.47. The maximum absolute atomic E-state index is 12.5. The van der Waals surface area contributed by atoms with Gasteiger partial charge in [0.25, 0.3) is 5.91 Å². The van der Waals surface area contributed by atoms with Crippen molar-refractivity contribution in [2.75, 3.05) is 0 Å². The number of nitrogens with one attached hydrogen (secondary N) is 1. The van der Waals surface area contributed by atoms with Crippen LogP contribution in [0.4, 0.5) is 0 Å². The predicted octanol–water partition coefficient (Wildman–Crippen LogP) is 3.91. The van der Waals surface area contributed by atoms with Crippen LogP contribution in [0.5, 0.6) is 0 Å². The number of benzene rings is 1. The molecule has 3 aromatic heterocycles. The van der Waals surface area contributed by atoms with Gasteiger partial charge in [0, 0.05) is 30.5 Å². The lowest BCUT2D eigenvalue weighted by molar-refractivity contribution is 0.0696. The van der Waals surface area contributed by atoms with Gasteiger partial charge in [-0.25, -0.2) is 9.78 Å². The van der Waals surface area contributed by atoms with Crippen molar-refractivity contribution >= 4 is 33.4 Å². The van der Waals surface area contributed by atoms with Crippen molar-refractivity contribution in [3.63, 3.8) is 0 Å². The topological polar surface area (TPSA) is 92.2 Å². The van der Waals surface area contributed by atoms with Gasteiger partial charge in [-0.05, 0) is 59.5 Å². The van der Waals surface area contributed by atoms with E-state index in [1.807, 2.05) is 24.3 Å². The van der Waals surface area contributed by atoms with Gasteiger partial charge in [0.1, 0.15) is 4.83 Å². The molecule has 0 unspecified atom stereocenters. The molecule has 0 saturated carbocycles. The quantitative estimate of drug-likeness (QED) is 0.509. The van der Waals surface area contributed by atoms with Gasteiger partial charge in [-0.1, -0.05) is 12.1 Å². The van der Waals surface area contributed by atoms with E-state index in [1.165, 1.54) is 11.3 Å². The summed E-state index contributed by atoms with van der Waals surface area (Å²) in [5.41, 5.74) is 3.26. The number of carbonyl (C=O) groups is 2. The van der Waals surface area contributed by atoms with E-state index in [0.717, 1.165) is 26.9 Å². The molecule has 4 rings (SSSR count). The number of aromatic nitrogens is 2. The van der Waals surface area contributed by atoms with Crippen LogP contribution in [0.25, 0.3) is 10.2 Å². The van der Waals surface area contributed by atoms with Crippen molar-refractivity contribution in [3.8, 4) is 0 Å². The molecule has 6 nitrogen and oxygen atoms in total. The highest BCUT2D eigenvalue weighted by Gasteiger charge is 2.12. The van der Waals surface area contributed by atoms with Crippen LogP contribution in [0.3, 0.4) is 0 Å². The monoisotopic (exact) mass is 403 g/mol. The van der Waals surface area contributed by atoms with Gasteiger partial charge in [0.05, 0.1) is 10.4 Å².